The Hall–Kier alpha value is -1.10. The Morgan fingerprint density at radius 2 is 2.27 bits per heavy atom. The quantitative estimate of drug-likeness (QED) is 0.761. The van der Waals surface area contributed by atoms with Crippen LogP contribution >= 0.6 is 0 Å². The van der Waals surface area contributed by atoms with Gasteiger partial charge in [0.15, 0.2) is 0 Å². The van der Waals surface area contributed by atoms with Gasteiger partial charge in [-0.05, 0) is 25.0 Å². The van der Waals surface area contributed by atoms with E-state index < -0.39 is 10.0 Å². The lowest BCUT2D eigenvalue weighted by Gasteiger charge is -2.15. The van der Waals surface area contributed by atoms with Crippen molar-refractivity contribution in [3.8, 4) is 0 Å². The molecule has 1 aromatic rings. The van der Waals surface area contributed by atoms with E-state index in [1.165, 1.54) is 4.31 Å². The van der Waals surface area contributed by atoms with Gasteiger partial charge in [0.25, 0.3) is 0 Å². The first-order valence-electron chi connectivity index (χ1n) is 5.10. The average molecular weight is 226 g/mol. The van der Waals surface area contributed by atoms with Crippen LogP contribution in [0.3, 0.4) is 0 Å². The second-order valence-electron chi connectivity index (χ2n) is 3.58. The van der Waals surface area contributed by atoms with Gasteiger partial charge in [0.05, 0.1) is 5.75 Å². The maximum atomic E-state index is 11.6. The molecule has 2 heterocycles. The van der Waals surface area contributed by atoms with Crippen molar-refractivity contribution < 1.29 is 8.42 Å². The summed E-state index contributed by atoms with van der Waals surface area (Å²) >= 11 is 0. The molecule has 0 spiro atoms. The van der Waals surface area contributed by atoms with Crippen molar-refractivity contribution in [3.05, 3.63) is 23.9 Å². The molecule has 0 unspecified atom stereocenters. The number of aryl methyl sites for hydroxylation is 1. The van der Waals surface area contributed by atoms with Gasteiger partial charge in [0, 0.05) is 12.2 Å². The Bertz CT molecular complexity index is 456. The number of rotatable bonds is 2. The third-order valence-corrected chi connectivity index (χ3v) is 4.35. The number of hydrogen-bond donors (Lipinski definition) is 0. The number of hydrogen-bond acceptors (Lipinski definition) is 3. The van der Waals surface area contributed by atoms with E-state index in [0.717, 1.165) is 12.1 Å². The summed E-state index contributed by atoms with van der Waals surface area (Å²) in [6.07, 6.45) is 1.52. The third kappa shape index (κ3) is 1.97. The molecule has 15 heavy (non-hydrogen) atoms. The Kier molecular flexibility index (Phi) is 2.65. The first-order valence-corrected chi connectivity index (χ1v) is 6.71. The highest BCUT2D eigenvalue weighted by Crippen LogP contribution is 2.21. The smallest absolute Gasteiger partial charge is 0.236 e. The molecule has 0 amide bonds. The molecule has 4 nitrogen and oxygen atoms in total. The van der Waals surface area contributed by atoms with E-state index in [2.05, 4.69) is 4.98 Å². The van der Waals surface area contributed by atoms with Gasteiger partial charge in [-0.25, -0.2) is 13.4 Å². The summed E-state index contributed by atoms with van der Waals surface area (Å²) in [5, 5.41) is 0. The average Bonchev–Trinajstić information content (AvgIpc) is 2.58. The predicted octanol–water partition coefficient (Wildman–Crippen LogP) is 1.18. The molecule has 0 aromatic carbocycles. The van der Waals surface area contributed by atoms with Gasteiger partial charge in [-0.15, -0.1) is 0 Å². The van der Waals surface area contributed by atoms with Crippen LogP contribution < -0.4 is 4.31 Å². The van der Waals surface area contributed by atoms with Gasteiger partial charge in [0.1, 0.15) is 5.82 Å². The molecule has 0 atom stereocenters. The summed E-state index contributed by atoms with van der Waals surface area (Å²) in [7, 11) is -3.09. The van der Waals surface area contributed by atoms with E-state index in [-0.39, 0.29) is 5.75 Å². The Labute approximate surface area is 90.0 Å². The Balaban J connectivity index is 2.37. The van der Waals surface area contributed by atoms with Crippen LogP contribution in [0.15, 0.2) is 18.2 Å². The van der Waals surface area contributed by atoms with Crippen LogP contribution in [0.1, 0.15) is 19.0 Å². The summed E-state index contributed by atoms with van der Waals surface area (Å²) in [5.74, 6) is 0.803. The topological polar surface area (TPSA) is 50.3 Å². The molecule has 82 valence electrons. The van der Waals surface area contributed by atoms with E-state index in [9.17, 15) is 8.42 Å². The van der Waals surface area contributed by atoms with E-state index in [1.807, 2.05) is 19.1 Å². The summed E-state index contributed by atoms with van der Waals surface area (Å²) in [6, 6.07) is 5.52. The van der Waals surface area contributed by atoms with Crippen molar-refractivity contribution in [3.63, 3.8) is 0 Å². The molecular weight excluding hydrogens is 212 g/mol. The second kappa shape index (κ2) is 3.81. The van der Waals surface area contributed by atoms with Crippen LogP contribution in [0.5, 0.6) is 0 Å². The number of anilines is 1. The lowest BCUT2D eigenvalue weighted by Crippen LogP contribution is -2.26. The minimum absolute atomic E-state index is 0.241. The molecule has 5 heteroatoms. The monoisotopic (exact) mass is 226 g/mol. The van der Waals surface area contributed by atoms with Crippen LogP contribution in [0.2, 0.25) is 0 Å². The number of pyridine rings is 1. The van der Waals surface area contributed by atoms with Crippen molar-refractivity contribution in [2.45, 2.75) is 19.8 Å². The lowest BCUT2D eigenvalue weighted by atomic mass is 10.3. The molecule has 1 fully saturated rings. The molecule has 0 radical (unpaired) electrons. The molecular formula is C10H14N2O2S. The van der Waals surface area contributed by atoms with Gasteiger partial charge in [-0.3, -0.25) is 4.31 Å². The standard InChI is InChI=1S/C10H14N2O2S/c1-2-9-5-3-6-10(11-9)12-7-4-8-15(12,13)14/h3,5-6H,2,4,7-8H2,1H3. The maximum absolute atomic E-state index is 11.6. The fourth-order valence-corrected chi connectivity index (χ4v) is 3.21. The zero-order valence-electron chi connectivity index (χ0n) is 8.68. The number of aromatic nitrogens is 1. The molecule has 1 aliphatic heterocycles. The van der Waals surface area contributed by atoms with Crippen molar-refractivity contribution >= 4 is 15.8 Å². The van der Waals surface area contributed by atoms with Gasteiger partial charge in [-0.1, -0.05) is 13.0 Å². The van der Waals surface area contributed by atoms with Gasteiger partial charge in [-0.2, -0.15) is 0 Å². The van der Waals surface area contributed by atoms with Crippen LogP contribution in [0.4, 0.5) is 5.82 Å². The fraction of sp³-hybridized carbons (Fsp3) is 0.500. The molecule has 0 saturated carbocycles. The third-order valence-electron chi connectivity index (χ3n) is 2.51. The molecule has 1 saturated heterocycles. The summed E-state index contributed by atoms with van der Waals surface area (Å²) in [4.78, 5) is 4.32. The zero-order valence-corrected chi connectivity index (χ0v) is 9.50. The normalized spacial score (nSPS) is 19.4. The molecule has 0 aliphatic carbocycles. The fourth-order valence-electron chi connectivity index (χ4n) is 1.70. The largest absolute Gasteiger partial charge is 0.254 e. The van der Waals surface area contributed by atoms with E-state index in [4.69, 9.17) is 0 Å². The van der Waals surface area contributed by atoms with E-state index in [0.29, 0.717) is 18.8 Å². The van der Waals surface area contributed by atoms with Crippen LogP contribution in [0.25, 0.3) is 0 Å². The summed E-state index contributed by atoms with van der Waals surface area (Å²) in [6.45, 7) is 2.56. The molecule has 0 N–H and O–H groups in total. The zero-order chi connectivity index (χ0) is 10.9. The Morgan fingerprint density at radius 1 is 1.47 bits per heavy atom. The van der Waals surface area contributed by atoms with Crippen molar-refractivity contribution in [2.75, 3.05) is 16.6 Å². The first-order chi connectivity index (χ1) is 7.13. The first kappa shape index (κ1) is 10.4. The van der Waals surface area contributed by atoms with Gasteiger partial charge in [0.2, 0.25) is 10.0 Å². The molecule has 1 aliphatic rings. The minimum atomic E-state index is -3.09. The van der Waals surface area contributed by atoms with E-state index in [1.54, 1.807) is 6.07 Å². The van der Waals surface area contributed by atoms with Crippen LogP contribution in [-0.2, 0) is 16.4 Å². The number of sulfonamides is 1. The second-order valence-corrected chi connectivity index (χ2v) is 5.60. The highest BCUT2D eigenvalue weighted by molar-refractivity contribution is 7.93. The molecule has 2 rings (SSSR count). The van der Waals surface area contributed by atoms with Crippen LogP contribution in [0, 0.1) is 0 Å². The predicted molar refractivity (Wildman–Crippen MR) is 59.4 cm³/mol. The lowest BCUT2D eigenvalue weighted by molar-refractivity contribution is 0.599. The minimum Gasteiger partial charge on any atom is -0.254 e. The highest BCUT2D eigenvalue weighted by atomic mass is 32.2. The Morgan fingerprint density at radius 3 is 2.87 bits per heavy atom. The van der Waals surface area contributed by atoms with Crippen molar-refractivity contribution in [1.29, 1.82) is 0 Å². The van der Waals surface area contributed by atoms with Crippen molar-refractivity contribution in [1.82, 2.24) is 4.98 Å². The summed E-state index contributed by atoms with van der Waals surface area (Å²) in [5.41, 5.74) is 0.926. The molecule has 1 aromatic heterocycles. The van der Waals surface area contributed by atoms with Crippen LogP contribution in [-0.4, -0.2) is 25.7 Å². The number of nitrogens with zero attached hydrogens (tertiary/aromatic N) is 2. The summed E-state index contributed by atoms with van der Waals surface area (Å²) < 4.78 is 24.7. The SMILES string of the molecule is CCc1cccc(N2CCCS2(=O)=O)n1. The maximum Gasteiger partial charge on any atom is 0.236 e. The van der Waals surface area contributed by atoms with Crippen molar-refractivity contribution in [2.24, 2.45) is 0 Å². The molecule has 0 bridgehead atoms. The van der Waals surface area contributed by atoms with Gasteiger partial charge < -0.3 is 0 Å². The highest BCUT2D eigenvalue weighted by Gasteiger charge is 2.29. The van der Waals surface area contributed by atoms with Gasteiger partial charge >= 0.3 is 0 Å². The van der Waals surface area contributed by atoms with E-state index >= 15 is 0 Å².